The van der Waals surface area contributed by atoms with E-state index in [1.54, 1.807) is 19.9 Å². The molecule has 0 spiro atoms. The molecule has 5 heterocycles. The smallest absolute Gasteiger partial charge is 0.870 e. The molecule has 21 heteroatoms. The van der Waals surface area contributed by atoms with Gasteiger partial charge in [-0.3, -0.25) is 4.79 Å². The number of alkyl halides is 3. The fourth-order valence-corrected chi connectivity index (χ4v) is 4.01. The number of aliphatic hydroxyl groups is 6. The Morgan fingerprint density at radius 2 is 1.08 bits per heavy atom. The van der Waals surface area contributed by atoms with Gasteiger partial charge in [0.15, 0.2) is 6.29 Å². The third-order valence-electron chi connectivity index (χ3n) is 8.72. The van der Waals surface area contributed by atoms with Crippen LogP contribution in [0.25, 0.3) is 0 Å². The summed E-state index contributed by atoms with van der Waals surface area (Å²) in [6, 6.07) is 11.9. The minimum atomic E-state index is -0.560. The second kappa shape index (κ2) is 86.2. The van der Waals surface area contributed by atoms with Crippen molar-refractivity contribution in [3.8, 4) is 0 Å². The third-order valence-corrected chi connectivity index (χ3v) is 11.4. The molecule has 1 unspecified atom stereocenters. The van der Waals surface area contributed by atoms with Crippen molar-refractivity contribution >= 4 is 53.6 Å². The maximum absolute atomic E-state index is 9.77. The monoisotopic (exact) mass is 1330 g/mol. The summed E-state index contributed by atoms with van der Waals surface area (Å²) in [5.41, 5.74) is 1.31. The number of hydrogen-bond donors (Lipinski definition) is 9. The first-order chi connectivity index (χ1) is 35.6. The molecule has 0 amide bonds. The Morgan fingerprint density at radius 1 is 0.756 bits per heavy atom. The van der Waals surface area contributed by atoms with Crippen LogP contribution in [-0.4, -0.2) is 222 Å². The molecule has 472 valence electrons. The predicted molar refractivity (Wildman–Crippen MR) is 340 cm³/mol. The van der Waals surface area contributed by atoms with Crippen LogP contribution < -0.4 is 45.5 Å². The van der Waals surface area contributed by atoms with Crippen LogP contribution in [-0.2, 0) is 30.3 Å². The van der Waals surface area contributed by atoms with Crippen molar-refractivity contribution in [2.24, 2.45) is 0 Å². The van der Waals surface area contributed by atoms with E-state index in [4.69, 9.17) is 49.6 Å². The van der Waals surface area contributed by atoms with Crippen LogP contribution in [0.5, 0.6) is 0 Å². The maximum atomic E-state index is 9.77. The number of piperazine rings is 2. The van der Waals surface area contributed by atoms with Crippen molar-refractivity contribution in [1.29, 1.82) is 0 Å². The SMILES string of the molecule is C.C=CC.CC.CC.CC.CC(=O)CBr.C[C@@H](O)CBr.C[C@@H](O)CO.C[C@@H]1CNCCN1C.C[C@@H]1CO1.C[C@H](O)CBr.C[C@H](O)CO.C[C@H]1CNCCN1C.C[C@H]1CO1.[Na+].[OH-].c1ccc(CNCCOC2CCCCO2)cc1. The molecule has 17 nitrogen and oxygen atoms in total. The van der Waals surface area contributed by atoms with E-state index in [0.717, 1.165) is 84.2 Å². The van der Waals surface area contributed by atoms with Gasteiger partial charge in [-0.15, -0.1) is 6.58 Å². The first-order valence-corrected chi connectivity index (χ1v) is 30.7. The van der Waals surface area contributed by atoms with Crippen molar-refractivity contribution in [2.45, 2.75) is 199 Å². The molecule has 10 N–H and O–H groups in total. The van der Waals surface area contributed by atoms with Crippen molar-refractivity contribution in [2.75, 3.05) is 116 Å². The molecule has 0 aromatic heterocycles. The summed E-state index contributed by atoms with van der Waals surface area (Å²) in [5.74, 6) is 0.171. The number of benzene rings is 1. The van der Waals surface area contributed by atoms with Crippen molar-refractivity contribution < 1.29 is 89.4 Å². The quantitative estimate of drug-likeness (QED) is 0.0411. The normalized spacial score (nSPS) is 20.0. The number of ether oxygens (including phenoxy) is 4. The van der Waals surface area contributed by atoms with Crippen molar-refractivity contribution in [1.82, 2.24) is 25.8 Å². The fourth-order valence-electron chi connectivity index (χ4n) is 4.01. The number of allylic oxidation sites excluding steroid dienone is 1. The van der Waals surface area contributed by atoms with E-state index in [-0.39, 0.29) is 80.0 Å². The summed E-state index contributed by atoms with van der Waals surface area (Å²) >= 11 is 9.09. The van der Waals surface area contributed by atoms with E-state index in [0.29, 0.717) is 28.2 Å². The number of ketones is 1. The van der Waals surface area contributed by atoms with Crippen LogP contribution in [0.3, 0.4) is 0 Å². The van der Waals surface area contributed by atoms with Gasteiger partial charge in [-0.2, -0.15) is 0 Å². The van der Waals surface area contributed by atoms with Crippen LogP contribution in [0.15, 0.2) is 43.0 Å². The van der Waals surface area contributed by atoms with E-state index in [9.17, 15) is 4.79 Å². The Bertz CT molecular complexity index is 1090. The number of Topliss-reactive ketones (excluding diaryl/α,β-unsaturated/α-hetero) is 1. The van der Waals surface area contributed by atoms with Gasteiger partial charge in [-0.25, -0.2) is 0 Å². The van der Waals surface area contributed by atoms with Crippen LogP contribution in [0.2, 0.25) is 0 Å². The summed E-state index contributed by atoms with van der Waals surface area (Å²) in [6.45, 7) is 45.9. The molecule has 5 fully saturated rings. The second-order valence-corrected chi connectivity index (χ2v) is 18.9. The van der Waals surface area contributed by atoms with Gasteiger partial charge < -0.3 is 80.8 Å². The molecule has 5 saturated heterocycles. The van der Waals surface area contributed by atoms with Gasteiger partial charge in [-0.1, -0.05) is 133 Å². The fraction of sp³-hybridized carbons (Fsp3) is 0.842. The van der Waals surface area contributed by atoms with Crippen LogP contribution in [0, 0.1) is 0 Å². The number of carbonyl (C=O) groups excluding carboxylic acids is 1. The zero-order valence-electron chi connectivity index (χ0n) is 52.2. The first-order valence-electron chi connectivity index (χ1n) is 27.3. The molecule has 9 atom stereocenters. The molecule has 78 heavy (non-hydrogen) atoms. The van der Waals surface area contributed by atoms with Crippen LogP contribution >= 0.6 is 47.8 Å². The Morgan fingerprint density at radius 3 is 1.28 bits per heavy atom. The minimum absolute atomic E-state index is 0. The number of aliphatic hydroxyl groups excluding tert-OH is 6. The van der Waals surface area contributed by atoms with E-state index in [2.05, 4.69) is 146 Å². The molecule has 1 aromatic rings. The Labute approximate surface area is 527 Å². The predicted octanol–water partition coefficient (Wildman–Crippen LogP) is 5.90. The van der Waals surface area contributed by atoms with Crippen molar-refractivity contribution in [3.63, 3.8) is 0 Å². The number of halogens is 3. The minimum Gasteiger partial charge on any atom is -0.870 e. The van der Waals surface area contributed by atoms with Gasteiger partial charge in [0.2, 0.25) is 0 Å². The summed E-state index contributed by atoms with van der Waals surface area (Å²) in [5, 5.41) is 60.5. The number of nitrogens with zero attached hydrogens (tertiary/aromatic N) is 2. The van der Waals surface area contributed by atoms with E-state index in [1.807, 2.05) is 54.5 Å². The average Bonchev–Trinajstić information content (AvgIpc) is 4.39. The Hall–Kier alpha value is 0.430. The molecule has 6 rings (SSSR count). The zero-order chi connectivity index (χ0) is 59.8. The average molecular weight is 1340 g/mol. The van der Waals surface area contributed by atoms with E-state index < -0.39 is 12.2 Å². The molecule has 0 radical (unpaired) electrons. The van der Waals surface area contributed by atoms with Crippen molar-refractivity contribution in [3.05, 3.63) is 48.6 Å². The summed E-state index contributed by atoms with van der Waals surface area (Å²) in [6.07, 6.45) is 4.87. The first kappa shape index (κ1) is 103. The zero-order valence-corrected chi connectivity index (χ0v) is 59.0. The molecule has 5 aliphatic rings. The number of carbonyl (C=O) groups is 1. The molecule has 0 saturated carbocycles. The molecule has 5 aliphatic heterocycles. The standard InChI is InChI=1S/C14H21NO2.2C6H14N2.2C3H7BrO.C3H5BrO.2C3H8O2.2C3H6O.C3H6.3C2H6.CH4.Na.H2O/c1-2-6-13(7-3-1)12-15-9-11-17-14-8-4-5-10-16-14;2*1-6-5-7-3-4-8(6)2;5*1-3(5)2-4;2*1-3-2-4-3;1-3-2;3*1-2;;;/h1-3,6-7,14-15H,4-5,8-12H2;2*6-7H,3-5H2,1-2H3;2*3,5H,2H2,1H3;2H2,1H3;2*3-5H,2H2,1H3;2*3H,2H2,1H3;3H,1H2,2H3;3*1-2H3;1H4;;1H2/q;;;;;;;;;;;;;;;+1;/p-1/t;2*6-;2*3-;;4*3-;;;;;;;/m.1010.1010......./s1. The number of rotatable bonds is 11. The van der Waals surface area contributed by atoms with Crippen LogP contribution in [0.1, 0.15) is 143 Å². The summed E-state index contributed by atoms with van der Waals surface area (Å²) in [7, 11) is 4.34. The largest absolute Gasteiger partial charge is 1.00 e. The molecular formula is C57H125Br3N5NaO12. The van der Waals surface area contributed by atoms with Gasteiger partial charge in [0.1, 0.15) is 5.78 Å². The number of hydrogen-bond acceptors (Lipinski definition) is 17. The van der Waals surface area contributed by atoms with Gasteiger partial charge in [-0.05, 0) is 108 Å². The van der Waals surface area contributed by atoms with Gasteiger partial charge >= 0.3 is 29.6 Å². The Kier molecular flexibility index (Phi) is 114. The summed E-state index contributed by atoms with van der Waals surface area (Å²) < 4.78 is 20.5. The summed E-state index contributed by atoms with van der Waals surface area (Å²) in [4.78, 5) is 14.5. The van der Waals surface area contributed by atoms with E-state index in [1.165, 1.54) is 52.3 Å². The van der Waals surface area contributed by atoms with Gasteiger partial charge in [0.25, 0.3) is 0 Å². The number of likely N-dealkylation sites (N-methyl/N-ethyl adjacent to an activating group) is 2. The maximum Gasteiger partial charge on any atom is 1.00 e. The third kappa shape index (κ3) is 112. The molecule has 0 aliphatic carbocycles. The molecule has 1 aromatic carbocycles. The number of nitrogens with one attached hydrogen (secondary N) is 3. The second-order valence-electron chi connectivity index (χ2n) is 17.0. The Balaban J connectivity index is -0.0000000724. The van der Waals surface area contributed by atoms with Crippen LogP contribution in [0.4, 0.5) is 0 Å². The molecule has 0 bridgehead atoms. The van der Waals surface area contributed by atoms with Gasteiger partial charge in [0.05, 0.1) is 75.0 Å². The van der Waals surface area contributed by atoms with E-state index >= 15 is 0 Å². The number of epoxide rings is 2. The molecular weight excluding hydrogens is 1210 g/mol. The van der Waals surface area contributed by atoms with Gasteiger partial charge in [0, 0.05) is 81.7 Å². The topological polar surface area (TPSA) is 255 Å².